The van der Waals surface area contributed by atoms with Gasteiger partial charge >= 0.3 is 0 Å². The summed E-state index contributed by atoms with van der Waals surface area (Å²) in [6.07, 6.45) is 0.968. The third-order valence-electron chi connectivity index (χ3n) is 9.74. The Morgan fingerprint density at radius 1 is 0.938 bits per heavy atom. The summed E-state index contributed by atoms with van der Waals surface area (Å²) in [7, 11) is 1.27. The highest BCUT2D eigenvalue weighted by Crippen LogP contribution is 2.66. The Kier molecular flexibility index (Phi) is 7.46. The molecule has 1 aromatic heterocycles. The number of hydrogen-bond acceptors (Lipinski definition) is 7. The van der Waals surface area contributed by atoms with E-state index in [-0.39, 0.29) is 34.8 Å². The number of phenols is 1. The van der Waals surface area contributed by atoms with E-state index in [4.69, 9.17) is 27.9 Å². The molecule has 4 aliphatic rings. The number of ether oxygens (including phenoxy) is 1. The van der Waals surface area contributed by atoms with Gasteiger partial charge in [-0.15, -0.1) is 34.5 Å². The number of allylic oxidation sites excluding steroid dienone is 2. The number of aromatic hydroxyl groups is 1. The van der Waals surface area contributed by atoms with Crippen LogP contribution in [0, 0.1) is 46.8 Å². The number of phenolic OH excluding ortho intramolecular Hbond substituents is 1. The molecular formula is C32H21Cl2F5N2O6S. The largest absolute Gasteiger partial charge is 0.504 e. The molecule has 3 aromatic rings. The van der Waals surface area contributed by atoms with Crippen LogP contribution >= 0.6 is 34.5 Å². The first kappa shape index (κ1) is 32.5. The minimum atomic E-state index is -2.69. The lowest BCUT2D eigenvalue weighted by molar-refractivity contribution is -0.141. The van der Waals surface area contributed by atoms with Crippen molar-refractivity contribution in [3.63, 3.8) is 0 Å². The van der Waals surface area contributed by atoms with E-state index >= 15 is 8.78 Å². The molecule has 0 unspecified atom stereocenters. The van der Waals surface area contributed by atoms with Crippen molar-refractivity contribution >= 4 is 63.9 Å². The molecule has 8 nitrogen and oxygen atoms in total. The van der Waals surface area contributed by atoms with Crippen LogP contribution in [0.15, 0.2) is 47.4 Å². The number of benzene rings is 2. The Morgan fingerprint density at radius 3 is 2.21 bits per heavy atom. The predicted molar refractivity (Wildman–Crippen MR) is 161 cm³/mol. The molecule has 3 fully saturated rings. The van der Waals surface area contributed by atoms with Crippen LogP contribution in [-0.4, -0.2) is 50.5 Å². The van der Waals surface area contributed by atoms with Crippen molar-refractivity contribution in [1.29, 1.82) is 0 Å². The summed E-state index contributed by atoms with van der Waals surface area (Å²) >= 11 is 15.5. The van der Waals surface area contributed by atoms with Crippen LogP contribution in [0.5, 0.6) is 11.5 Å². The van der Waals surface area contributed by atoms with E-state index in [2.05, 4.69) is 0 Å². The summed E-state index contributed by atoms with van der Waals surface area (Å²) in [4.78, 5) is 52.3. The SMILES string of the molecule is COc1ccc([C@H]2C3=CC[C@@H]4C(=O)N(Cc5cccs5)C(=O)[C@@H]4[C@@H]3C[C@@]3(Cl)C(=O)N(c4c(F)c(F)c(F)c(F)c4F)C(=O)[C@@]23Cl)cc1O. The summed E-state index contributed by atoms with van der Waals surface area (Å²) in [5, 5.41) is 12.5. The first-order valence-corrected chi connectivity index (χ1v) is 16.0. The molecule has 0 bridgehead atoms. The zero-order valence-electron chi connectivity index (χ0n) is 24.4. The number of rotatable bonds is 5. The number of carbonyl (C=O) groups excluding carboxylic acids is 4. The molecule has 6 atom stereocenters. The van der Waals surface area contributed by atoms with Crippen molar-refractivity contribution in [2.75, 3.05) is 12.0 Å². The number of amides is 4. The van der Waals surface area contributed by atoms with Gasteiger partial charge in [0.1, 0.15) is 5.69 Å². The lowest BCUT2D eigenvalue weighted by Crippen LogP contribution is -2.60. The number of carbonyl (C=O) groups is 4. The van der Waals surface area contributed by atoms with Gasteiger partial charge in [-0.3, -0.25) is 24.1 Å². The fourth-order valence-electron chi connectivity index (χ4n) is 7.61. The third kappa shape index (κ3) is 4.11. The van der Waals surface area contributed by atoms with E-state index in [1.807, 2.05) is 0 Å². The quantitative estimate of drug-likeness (QED) is 0.0875. The highest BCUT2D eigenvalue weighted by atomic mass is 35.5. The molecule has 4 amide bonds. The number of methoxy groups -OCH3 is 1. The maximum Gasteiger partial charge on any atom is 0.258 e. The summed E-state index contributed by atoms with van der Waals surface area (Å²) in [6.45, 7) is -0.0168. The van der Waals surface area contributed by atoms with Gasteiger partial charge in [-0.2, -0.15) is 0 Å². The van der Waals surface area contributed by atoms with Gasteiger partial charge in [-0.1, -0.05) is 23.8 Å². The molecule has 0 spiro atoms. The second-order valence-corrected chi connectivity index (χ2v) is 14.2. The third-order valence-corrected chi connectivity index (χ3v) is 12.0. The maximum atomic E-state index is 15.2. The number of anilines is 1. The molecule has 7 rings (SSSR count). The smallest absolute Gasteiger partial charge is 0.258 e. The van der Waals surface area contributed by atoms with Gasteiger partial charge in [-0.05, 0) is 47.9 Å². The van der Waals surface area contributed by atoms with Gasteiger partial charge in [0.15, 0.2) is 44.5 Å². The number of halogens is 7. The molecule has 2 aliphatic carbocycles. The average Bonchev–Trinajstić information content (AvgIpc) is 3.70. The number of fused-ring (bicyclic) bond motifs is 4. The first-order valence-electron chi connectivity index (χ1n) is 14.4. The topological polar surface area (TPSA) is 104 Å². The Morgan fingerprint density at radius 2 is 1.60 bits per heavy atom. The van der Waals surface area contributed by atoms with Crippen LogP contribution < -0.4 is 9.64 Å². The Bertz CT molecular complexity index is 1970. The van der Waals surface area contributed by atoms with Crippen LogP contribution in [-0.2, 0) is 25.7 Å². The van der Waals surface area contributed by atoms with E-state index in [9.17, 15) is 37.5 Å². The predicted octanol–water partition coefficient (Wildman–Crippen LogP) is 5.92. The van der Waals surface area contributed by atoms with Gasteiger partial charge < -0.3 is 9.84 Å². The van der Waals surface area contributed by atoms with Gasteiger partial charge in [0.2, 0.25) is 17.6 Å². The summed E-state index contributed by atoms with van der Waals surface area (Å²) in [5.41, 5.74) is -1.54. The van der Waals surface area contributed by atoms with Crippen molar-refractivity contribution in [2.45, 2.75) is 35.1 Å². The van der Waals surface area contributed by atoms with Crippen molar-refractivity contribution in [3.8, 4) is 11.5 Å². The number of thiophene rings is 1. The fraction of sp³-hybridized carbons (Fsp3) is 0.312. The van der Waals surface area contributed by atoms with E-state index in [0.29, 0.717) is 0 Å². The molecule has 250 valence electrons. The van der Waals surface area contributed by atoms with E-state index < -0.39 is 104 Å². The molecule has 16 heteroatoms. The number of imide groups is 2. The van der Waals surface area contributed by atoms with Crippen LogP contribution in [0.2, 0.25) is 0 Å². The normalized spacial score (nSPS) is 29.6. The van der Waals surface area contributed by atoms with Crippen molar-refractivity contribution in [1.82, 2.24) is 4.90 Å². The average molecular weight is 727 g/mol. The number of likely N-dealkylation sites (tertiary alicyclic amines) is 1. The van der Waals surface area contributed by atoms with Crippen molar-refractivity contribution < 1.29 is 51.0 Å². The number of alkyl halides is 2. The summed E-state index contributed by atoms with van der Waals surface area (Å²) in [6, 6.07) is 7.35. The van der Waals surface area contributed by atoms with Gasteiger partial charge in [-0.25, -0.2) is 26.9 Å². The standard InChI is InChI=1S/C32H21Cl2F5N2O6S/c1-47-18-7-4-12(9-17(18)42)20-14-5-6-15-19(28(44)40(27(15)43)11-13-3-2-8-48-13)16(14)10-31(33)29(45)41(30(46)32(20,31)34)26-24(38)22(36)21(35)23(37)25(26)39/h2-5,7-9,15-16,19-20,42H,6,10-11H2,1H3/t15-,16+,19-,20-,31+,32-/m0/s1. The van der Waals surface area contributed by atoms with E-state index in [1.54, 1.807) is 23.6 Å². The monoisotopic (exact) mass is 726 g/mol. The van der Waals surface area contributed by atoms with Crippen LogP contribution in [0.4, 0.5) is 27.6 Å². The zero-order valence-corrected chi connectivity index (χ0v) is 26.7. The molecular weight excluding hydrogens is 706 g/mol. The zero-order chi connectivity index (χ0) is 34.6. The second-order valence-electron chi connectivity index (χ2n) is 12.0. The minimum Gasteiger partial charge on any atom is -0.504 e. The van der Waals surface area contributed by atoms with E-state index in [1.165, 1.54) is 30.6 Å². The second kappa shape index (κ2) is 11.0. The molecule has 2 aromatic carbocycles. The Hall–Kier alpha value is -4.01. The van der Waals surface area contributed by atoms with Crippen molar-refractivity contribution in [2.24, 2.45) is 17.8 Å². The van der Waals surface area contributed by atoms with Crippen LogP contribution in [0.1, 0.15) is 29.2 Å². The summed E-state index contributed by atoms with van der Waals surface area (Å²) < 4.78 is 78.1. The number of nitrogens with zero attached hydrogens (tertiary/aromatic N) is 2. The van der Waals surface area contributed by atoms with Gasteiger partial charge in [0.25, 0.3) is 11.8 Å². The maximum absolute atomic E-state index is 15.2. The van der Waals surface area contributed by atoms with Crippen molar-refractivity contribution in [3.05, 3.63) is 86.9 Å². The Labute approximate surface area is 282 Å². The highest BCUT2D eigenvalue weighted by Gasteiger charge is 2.77. The number of hydrogen-bond donors (Lipinski definition) is 1. The lowest BCUT2D eigenvalue weighted by atomic mass is 9.56. The lowest BCUT2D eigenvalue weighted by Gasteiger charge is -2.50. The molecule has 1 N–H and O–H groups in total. The van der Waals surface area contributed by atoms with Crippen LogP contribution in [0.3, 0.4) is 0 Å². The fourth-order valence-corrected chi connectivity index (χ4v) is 9.23. The first-order chi connectivity index (χ1) is 22.7. The molecule has 2 saturated heterocycles. The minimum absolute atomic E-state index is 0.00204. The molecule has 0 radical (unpaired) electrons. The molecule has 2 aliphatic heterocycles. The molecule has 1 saturated carbocycles. The Balaban J connectivity index is 1.42. The van der Waals surface area contributed by atoms with E-state index in [0.717, 1.165) is 15.8 Å². The molecule has 48 heavy (non-hydrogen) atoms. The highest BCUT2D eigenvalue weighted by molar-refractivity contribution is 7.09. The van der Waals surface area contributed by atoms with Crippen LogP contribution in [0.25, 0.3) is 0 Å². The molecule has 3 heterocycles. The van der Waals surface area contributed by atoms with Gasteiger partial charge in [0.05, 0.1) is 25.5 Å². The summed E-state index contributed by atoms with van der Waals surface area (Å²) in [5.74, 6) is -21.5. The van der Waals surface area contributed by atoms with Gasteiger partial charge in [0, 0.05) is 10.8 Å².